The zero-order chi connectivity index (χ0) is 13.6. The molecule has 0 radical (unpaired) electrons. The molecule has 0 heterocycles. The maximum absolute atomic E-state index is 11.8. The Kier molecular flexibility index (Phi) is 5.44. The fraction of sp³-hybridized carbons (Fsp3) is 0.846. The molecule has 0 aromatic rings. The van der Waals surface area contributed by atoms with Crippen LogP contribution in [-0.2, 0) is 4.79 Å². The Hall–Kier alpha value is -1.26. The topological polar surface area (TPSA) is 78.4 Å². The van der Waals surface area contributed by atoms with Crippen LogP contribution in [0.5, 0.6) is 0 Å². The van der Waals surface area contributed by atoms with Crippen LogP contribution in [0.1, 0.15) is 58.8 Å². The molecule has 104 valence electrons. The number of urea groups is 1. The van der Waals surface area contributed by atoms with Gasteiger partial charge in [-0.25, -0.2) is 9.59 Å². The first-order valence-electron chi connectivity index (χ1n) is 6.78. The highest BCUT2D eigenvalue weighted by Gasteiger charge is 2.29. The minimum atomic E-state index is -0.971. The van der Waals surface area contributed by atoms with Crippen LogP contribution in [0.25, 0.3) is 0 Å². The van der Waals surface area contributed by atoms with Crippen LogP contribution in [0.4, 0.5) is 4.79 Å². The summed E-state index contributed by atoms with van der Waals surface area (Å²) in [5.74, 6) is -0.971. The van der Waals surface area contributed by atoms with Crippen LogP contribution in [-0.4, -0.2) is 28.7 Å². The van der Waals surface area contributed by atoms with Gasteiger partial charge in [0, 0.05) is 5.54 Å². The third-order valence-electron chi connectivity index (χ3n) is 3.55. The average molecular weight is 256 g/mol. The highest BCUT2D eigenvalue weighted by molar-refractivity contribution is 5.82. The molecule has 5 heteroatoms. The number of carbonyl (C=O) groups is 2. The highest BCUT2D eigenvalue weighted by atomic mass is 16.4. The molecule has 1 atom stereocenters. The van der Waals surface area contributed by atoms with Crippen molar-refractivity contribution in [1.29, 1.82) is 0 Å². The van der Waals surface area contributed by atoms with Gasteiger partial charge in [0.15, 0.2) is 0 Å². The van der Waals surface area contributed by atoms with Crippen LogP contribution in [0, 0.1) is 0 Å². The van der Waals surface area contributed by atoms with Crippen molar-refractivity contribution in [2.75, 3.05) is 0 Å². The number of rotatable bonds is 5. The molecule has 0 aromatic heterocycles. The molecular formula is C13H24N2O3. The number of carboxylic acid groups (broad SMARTS) is 1. The molecule has 1 saturated carbocycles. The SMILES string of the molecule is CCC[C@H](NC(=O)NC1(C)CCCCC1)C(=O)O. The second kappa shape index (κ2) is 6.61. The van der Waals surface area contributed by atoms with Gasteiger partial charge in [-0.1, -0.05) is 32.6 Å². The summed E-state index contributed by atoms with van der Waals surface area (Å²) < 4.78 is 0. The number of hydrogen-bond acceptors (Lipinski definition) is 2. The highest BCUT2D eigenvalue weighted by Crippen LogP contribution is 2.27. The van der Waals surface area contributed by atoms with Gasteiger partial charge in [-0.15, -0.1) is 0 Å². The Labute approximate surface area is 108 Å². The molecule has 5 nitrogen and oxygen atoms in total. The third-order valence-corrected chi connectivity index (χ3v) is 3.55. The normalized spacial score (nSPS) is 19.9. The lowest BCUT2D eigenvalue weighted by atomic mass is 9.83. The van der Waals surface area contributed by atoms with E-state index in [1.165, 1.54) is 6.42 Å². The van der Waals surface area contributed by atoms with Gasteiger partial charge >= 0.3 is 12.0 Å². The monoisotopic (exact) mass is 256 g/mol. The Morgan fingerprint density at radius 1 is 1.28 bits per heavy atom. The van der Waals surface area contributed by atoms with Crippen molar-refractivity contribution < 1.29 is 14.7 Å². The molecule has 0 aliphatic heterocycles. The van der Waals surface area contributed by atoms with E-state index in [0.717, 1.165) is 32.1 Å². The largest absolute Gasteiger partial charge is 0.480 e. The van der Waals surface area contributed by atoms with Gasteiger partial charge in [0.2, 0.25) is 0 Å². The minimum absolute atomic E-state index is 0.183. The summed E-state index contributed by atoms with van der Waals surface area (Å²) in [6.45, 7) is 3.93. The second-order valence-electron chi connectivity index (χ2n) is 5.40. The van der Waals surface area contributed by atoms with Gasteiger partial charge in [-0.3, -0.25) is 0 Å². The molecule has 0 saturated heterocycles. The molecule has 18 heavy (non-hydrogen) atoms. The number of hydrogen-bond donors (Lipinski definition) is 3. The Morgan fingerprint density at radius 3 is 2.39 bits per heavy atom. The summed E-state index contributed by atoms with van der Waals surface area (Å²) in [6, 6.07) is -1.15. The van der Waals surface area contributed by atoms with Gasteiger partial charge in [0.1, 0.15) is 6.04 Å². The van der Waals surface area contributed by atoms with Crippen LogP contribution in [0.15, 0.2) is 0 Å². The quantitative estimate of drug-likeness (QED) is 0.706. The maximum atomic E-state index is 11.8. The minimum Gasteiger partial charge on any atom is -0.480 e. The zero-order valence-corrected chi connectivity index (χ0v) is 11.3. The molecule has 0 unspecified atom stereocenters. The molecule has 2 amide bonds. The smallest absolute Gasteiger partial charge is 0.326 e. The maximum Gasteiger partial charge on any atom is 0.326 e. The molecule has 1 aliphatic rings. The van der Waals surface area contributed by atoms with Gasteiger partial charge < -0.3 is 15.7 Å². The summed E-state index contributed by atoms with van der Waals surface area (Å²) in [5, 5.41) is 14.4. The lowest BCUT2D eigenvalue weighted by Gasteiger charge is -2.34. The van der Waals surface area contributed by atoms with Gasteiger partial charge in [-0.05, 0) is 26.2 Å². The third kappa shape index (κ3) is 4.55. The zero-order valence-electron chi connectivity index (χ0n) is 11.3. The Balaban J connectivity index is 2.46. The summed E-state index contributed by atoms with van der Waals surface area (Å²) in [6.07, 6.45) is 6.57. The predicted molar refractivity (Wildman–Crippen MR) is 69.5 cm³/mol. The molecule has 0 bridgehead atoms. The average Bonchev–Trinajstić information content (AvgIpc) is 2.28. The lowest BCUT2D eigenvalue weighted by molar-refractivity contribution is -0.139. The van der Waals surface area contributed by atoms with Crippen molar-refractivity contribution in [3.05, 3.63) is 0 Å². The number of carbonyl (C=O) groups excluding carboxylic acids is 1. The van der Waals surface area contributed by atoms with Crippen LogP contribution in [0.3, 0.4) is 0 Å². The van der Waals surface area contributed by atoms with Crippen molar-refractivity contribution in [3.8, 4) is 0 Å². The lowest BCUT2D eigenvalue weighted by Crippen LogP contribution is -2.54. The van der Waals surface area contributed by atoms with Crippen LogP contribution >= 0.6 is 0 Å². The molecule has 1 aliphatic carbocycles. The summed E-state index contributed by atoms with van der Waals surface area (Å²) in [7, 11) is 0. The number of carboxylic acids is 1. The van der Waals surface area contributed by atoms with E-state index in [1.807, 2.05) is 13.8 Å². The first-order valence-corrected chi connectivity index (χ1v) is 6.78. The van der Waals surface area contributed by atoms with Crippen LogP contribution < -0.4 is 10.6 Å². The molecule has 0 aromatic carbocycles. The second-order valence-corrected chi connectivity index (χ2v) is 5.40. The number of aliphatic carboxylic acids is 1. The molecule has 1 rings (SSSR count). The fourth-order valence-corrected chi connectivity index (χ4v) is 2.47. The van der Waals surface area contributed by atoms with E-state index >= 15 is 0 Å². The Bertz CT molecular complexity index is 299. The Morgan fingerprint density at radius 2 is 1.89 bits per heavy atom. The van der Waals surface area contributed by atoms with E-state index in [1.54, 1.807) is 0 Å². The number of amides is 2. The van der Waals surface area contributed by atoms with Crippen molar-refractivity contribution in [3.63, 3.8) is 0 Å². The predicted octanol–water partition coefficient (Wildman–Crippen LogP) is 2.26. The molecule has 1 fully saturated rings. The van der Waals surface area contributed by atoms with Crippen molar-refractivity contribution in [1.82, 2.24) is 10.6 Å². The first kappa shape index (κ1) is 14.8. The van der Waals surface area contributed by atoms with E-state index in [9.17, 15) is 9.59 Å². The first-order chi connectivity index (χ1) is 8.47. The van der Waals surface area contributed by atoms with Gasteiger partial charge in [0.25, 0.3) is 0 Å². The van der Waals surface area contributed by atoms with Gasteiger partial charge in [0.05, 0.1) is 0 Å². The van der Waals surface area contributed by atoms with E-state index in [2.05, 4.69) is 10.6 Å². The molecule has 3 N–H and O–H groups in total. The van der Waals surface area contributed by atoms with Gasteiger partial charge in [-0.2, -0.15) is 0 Å². The van der Waals surface area contributed by atoms with Crippen molar-refractivity contribution in [2.45, 2.75) is 70.4 Å². The molecule has 0 spiro atoms. The summed E-state index contributed by atoms with van der Waals surface area (Å²) >= 11 is 0. The van der Waals surface area contributed by atoms with Crippen LogP contribution in [0.2, 0.25) is 0 Å². The standard InChI is InChI=1S/C13H24N2O3/c1-3-7-10(11(16)17)14-12(18)15-13(2)8-5-4-6-9-13/h10H,3-9H2,1-2H3,(H,16,17)(H2,14,15,18)/t10-/m0/s1. The number of nitrogens with one attached hydrogen (secondary N) is 2. The summed E-state index contributed by atoms with van der Waals surface area (Å²) in [4.78, 5) is 22.8. The van der Waals surface area contributed by atoms with E-state index in [4.69, 9.17) is 5.11 Å². The van der Waals surface area contributed by atoms with E-state index in [-0.39, 0.29) is 11.6 Å². The molecular weight excluding hydrogens is 232 g/mol. The fourth-order valence-electron chi connectivity index (χ4n) is 2.47. The van der Waals surface area contributed by atoms with Crippen molar-refractivity contribution in [2.24, 2.45) is 0 Å². The van der Waals surface area contributed by atoms with E-state index in [0.29, 0.717) is 6.42 Å². The summed E-state index contributed by atoms with van der Waals surface area (Å²) in [5.41, 5.74) is -0.183. The van der Waals surface area contributed by atoms with E-state index < -0.39 is 12.0 Å². The van der Waals surface area contributed by atoms with Crippen molar-refractivity contribution >= 4 is 12.0 Å².